The molecule has 1 aliphatic rings. The fourth-order valence-electron chi connectivity index (χ4n) is 1.50. The first-order valence-electron chi connectivity index (χ1n) is 4.90. The fraction of sp³-hybridized carbons (Fsp3) is 1.00. The van der Waals surface area contributed by atoms with Crippen molar-refractivity contribution in [2.24, 2.45) is 5.92 Å². The van der Waals surface area contributed by atoms with E-state index in [9.17, 15) is 10.2 Å². The molecule has 0 aromatic rings. The minimum absolute atomic E-state index is 0.0234. The zero-order valence-electron chi connectivity index (χ0n) is 8.07. The van der Waals surface area contributed by atoms with Crippen molar-refractivity contribution in [1.82, 2.24) is 5.32 Å². The van der Waals surface area contributed by atoms with Crippen LogP contribution in [0.3, 0.4) is 0 Å². The van der Waals surface area contributed by atoms with Gasteiger partial charge in [0.05, 0.1) is 19.3 Å². The van der Waals surface area contributed by atoms with E-state index in [-0.39, 0.29) is 12.5 Å². The van der Waals surface area contributed by atoms with Crippen molar-refractivity contribution >= 4 is 0 Å². The van der Waals surface area contributed by atoms with Crippen molar-refractivity contribution in [1.29, 1.82) is 0 Å². The highest BCUT2D eigenvalue weighted by atomic mass is 16.5. The van der Waals surface area contributed by atoms with Gasteiger partial charge >= 0.3 is 0 Å². The van der Waals surface area contributed by atoms with E-state index in [2.05, 4.69) is 12.2 Å². The van der Waals surface area contributed by atoms with E-state index < -0.39 is 12.2 Å². The molecule has 3 atom stereocenters. The summed E-state index contributed by atoms with van der Waals surface area (Å²) in [7, 11) is 0. The SMILES string of the molecule is CCCNC[C@@H]1COC[C@@H](O)[C@H]1O. The standard InChI is InChI=1S/C9H19NO3/c1-2-3-10-4-7-5-13-6-8(11)9(7)12/h7-12H,2-6H2,1H3/t7-,8-,9+/m1/s1. The van der Waals surface area contributed by atoms with Crippen LogP contribution in [0, 0.1) is 5.92 Å². The number of aliphatic hydroxyl groups is 2. The molecule has 1 saturated heterocycles. The van der Waals surface area contributed by atoms with E-state index in [1.165, 1.54) is 0 Å². The van der Waals surface area contributed by atoms with Crippen LogP contribution in [0.15, 0.2) is 0 Å². The van der Waals surface area contributed by atoms with Crippen LogP contribution in [0.4, 0.5) is 0 Å². The van der Waals surface area contributed by atoms with Crippen molar-refractivity contribution in [3.63, 3.8) is 0 Å². The first-order chi connectivity index (χ1) is 6.25. The van der Waals surface area contributed by atoms with E-state index in [1.54, 1.807) is 0 Å². The average molecular weight is 189 g/mol. The molecular weight excluding hydrogens is 170 g/mol. The van der Waals surface area contributed by atoms with Crippen LogP contribution < -0.4 is 5.32 Å². The molecule has 13 heavy (non-hydrogen) atoms. The number of nitrogens with one attached hydrogen (secondary N) is 1. The zero-order valence-corrected chi connectivity index (χ0v) is 8.07. The molecule has 0 aliphatic carbocycles. The summed E-state index contributed by atoms with van der Waals surface area (Å²) in [6.07, 6.45) is -0.285. The maximum Gasteiger partial charge on any atom is 0.104 e. The largest absolute Gasteiger partial charge is 0.390 e. The molecule has 0 aromatic heterocycles. The molecular formula is C9H19NO3. The quantitative estimate of drug-likeness (QED) is 0.515. The lowest BCUT2D eigenvalue weighted by Crippen LogP contribution is -2.47. The minimum atomic E-state index is -0.720. The Balaban J connectivity index is 2.23. The molecule has 4 nitrogen and oxygen atoms in total. The van der Waals surface area contributed by atoms with Crippen LogP contribution in [0.5, 0.6) is 0 Å². The number of rotatable bonds is 4. The summed E-state index contributed by atoms with van der Waals surface area (Å²) in [5.74, 6) is 0.0234. The molecule has 0 unspecified atom stereocenters. The number of hydrogen-bond acceptors (Lipinski definition) is 4. The highest BCUT2D eigenvalue weighted by Gasteiger charge is 2.30. The number of ether oxygens (including phenoxy) is 1. The predicted molar refractivity (Wildman–Crippen MR) is 49.5 cm³/mol. The van der Waals surface area contributed by atoms with Crippen molar-refractivity contribution in [2.75, 3.05) is 26.3 Å². The van der Waals surface area contributed by atoms with Crippen molar-refractivity contribution in [2.45, 2.75) is 25.6 Å². The summed E-state index contributed by atoms with van der Waals surface area (Å²) < 4.78 is 5.15. The molecule has 1 fully saturated rings. The van der Waals surface area contributed by atoms with Crippen LogP contribution in [0.25, 0.3) is 0 Å². The predicted octanol–water partition coefficient (Wildman–Crippen LogP) is -0.646. The number of hydrogen-bond donors (Lipinski definition) is 3. The Morgan fingerprint density at radius 2 is 2.15 bits per heavy atom. The third-order valence-electron chi connectivity index (χ3n) is 2.33. The highest BCUT2D eigenvalue weighted by molar-refractivity contribution is 4.81. The molecule has 1 rings (SSSR count). The summed E-state index contributed by atoms with van der Waals surface area (Å²) in [5.41, 5.74) is 0. The summed E-state index contributed by atoms with van der Waals surface area (Å²) in [5, 5.41) is 22.1. The van der Waals surface area contributed by atoms with Crippen LogP contribution in [-0.2, 0) is 4.74 Å². The second-order valence-electron chi connectivity index (χ2n) is 3.56. The Morgan fingerprint density at radius 1 is 1.38 bits per heavy atom. The lowest BCUT2D eigenvalue weighted by atomic mass is 9.96. The molecule has 3 N–H and O–H groups in total. The lowest BCUT2D eigenvalue weighted by Gasteiger charge is -2.31. The molecule has 78 valence electrons. The maximum atomic E-state index is 9.57. The van der Waals surface area contributed by atoms with Crippen molar-refractivity contribution < 1.29 is 14.9 Å². The normalized spacial score (nSPS) is 34.8. The Morgan fingerprint density at radius 3 is 2.85 bits per heavy atom. The molecule has 0 amide bonds. The lowest BCUT2D eigenvalue weighted by molar-refractivity contribution is -0.119. The van der Waals surface area contributed by atoms with Crippen molar-refractivity contribution in [3.05, 3.63) is 0 Å². The van der Waals surface area contributed by atoms with Crippen LogP contribution >= 0.6 is 0 Å². The monoisotopic (exact) mass is 189 g/mol. The minimum Gasteiger partial charge on any atom is -0.390 e. The summed E-state index contributed by atoms with van der Waals surface area (Å²) >= 11 is 0. The van der Waals surface area contributed by atoms with Gasteiger partial charge in [-0.1, -0.05) is 6.92 Å². The molecule has 1 aliphatic heterocycles. The van der Waals surface area contributed by atoms with E-state index in [4.69, 9.17) is 4.74 Å². The Hall–Kier alpha value is -0.160. The smallest absolute Gasteiger partial charge is 0.104 e. The molecule has 0 radical (unpaired) electrons. The van der Waals surface area contributed by atoms with Crippen LogP contribution in [-0.4, -0.2) is 48.7 Å². The van der Waals surface area contributed by atoms with Gasteiger partial charge in [0.2, 0.25) is 0 Å². The third kappa shape index (κ3) is 3.23. The highest BCUT2D eigenvalue weighted by Crippen LogP contribution is 2.14. The van der Waals surface area contributed by atoms with Crippen LogP contribution in [0.1, 0.15) is 13.3 Å². The molecule has 1 heterocycles. The fourth-order valence-corrected chi connectivity index (χ4v) is 1.50. The molecule has 4 heteroatoms. The van der Waals surface area contributed by atoms with Gasteiger partial charge in [0.1, 0.15) is 6.10 Å². The van der Waals surface area contributed by atoms with Crippen molar-refractivity contribution in [3.8, 4) is 0 Å². The Labute approximate surface area is 78.9 Å². The topological polar surface area (TPSA) is 61.7 Å². The second kappa shape index (κ2) is 5.54. The first kappa shape index (κ1) is 10.9. The molecule has 0 bridgehead atoms. The van der Waals surface area contributed by atoms with E-state index in [1.807, 2.05) is 0 Å². The van der Waals surface area contributed by atoms with Gasteiger partial charge in [-0.3, -0.25) is 0 Å². The van der Waals surface area contributed by atoms with Gasteiger partial charge in [-0.25, -0.2) is 0 Å². The second-order valence-corrected chi connectivity index (χ2v) is 3.56. The van der Waals surface area contributed by atoms with E-state index in [0.717, 1.165) is 13.0 Å². The van der Waals surface area contributed by atoms with Gasteiger partial charge in [-0.2, -0.15) is 0 Å². The third-order valence-corrected chi connectivity index (χ3v) is 2.33. The summed E-state index contributed by atoms with van der Waals surface area (Å²) in [6, 6.07) is 0. The van der Waals surface area contributed by atoms with Gasteiger partial charge < -0.3 is 20.3 Å². The van der Waals surface area contributed by atoms with Gasteiger partial charge in [0.15, 0.2) is 0 Å². The van der Waals surface area contributed by atoms with Crippen LogP contribution in [0.2, 0.25) is 0 Å². The molecule has 0 saturated carbocycles. The average Bonchev–Trinajstić information content (AvgIpc) is 2.13. The van der Waals surface area contributed by atoms with E-state index in [0.29, 0.717) is 13.2 Å². The Kier molecular flexibility index (Phi) is 4.66. The maximum absolute atomic E-state index is 9.57. The summed E-state index contributed by atoms with van der Waals surface area (Å²) in [4.78, 5) is 0. The Bertz CT molecular complexity index is 143. The molecule has 0 aromatic carbocycles. The summed E-state index contributed by atoms with van der Waals surface area (Å²) in [6.45, 7) is 4.54. The van der Waals surface area contributed by atoms with Gasteiger partial charge in [-0.15, -0.1) is 0 Å². The zero-order chi connectivity index (χ0) is 9.68. The van der Waals surface area contributed by atoms with Gasteiger partial charge in [0, 0.05) is 12.5 Å². The van der Waals surface area contributed by atoms with Gasteiger partial charge in [0.25, 0.3) is 0 Å². The number of aliphatic hydroxyl groups excluding tert-OH is 2. The van der Waals surface area contributed by atoms with E-state index >= 15 is 0 Å². The first-order valence-corrected chi connectivity index (χ1v) is 4.90. The van der Waals surface area contributed by atoms with Gasteiger partial charge in [-0.05, 0) is 13.0 Å². The molecule has 0 spiro atoms.